The van der Waals surface area contributed by atoms with Crippen molar-refractivity contribution < 1.29 is 13.2 Å². The molecule has 2 aromatic rings. The number of alkyl halides is 3. The van der Waals surface area contributed by atoms with Crippen molar-refractivity contribution in [3.8, 4) is 6.07 Å². The third-order valence-corrected chi connectivity index (χ3v) is 2.61. The normalized spacial score (nSPS) is 13.3. The van der Waals surface area contributed by atoms with Crippen LogP contribution >= 0.6 is 0 Å². The van der Waals surface area contributed by atoms with Crippen LogP contribution < -0.4 is 5.73 Å². The van der Waals surface area contributed by atoms with Gasteiger partial charge in [-0.15, -0.1) is 0 Å². The smallest absolute Gasteiger partial charge is 0.312 e. The van der Waals surface area contributed by atoms with E-state index in [1.54, 1.807) is 6.07 Å². The molecule has 2 N–H and O–H groups in total. The summed E-state index contributed by atoms with van der Waals surface area (Å²) < 4.78 is 38.4. The molecule has 0 saturated carbocycles. The molecule has 1 atom stereocenters. The minimum Gasteiger partial charge on any atom is -0.312 e. The first-order valence-corrected chi connectivity index (χ1v) is 5.04. The monoisotopic (exact) mass is 251 g/mol. The van der Waals surface area contributed by atoms with E-state index in [4.69, 9.17) is 11.0 Å². The highest BCUT2D eigenvalue weighted by molar-refractivity contribution is 5.88. The van der Waals surface area contributed by atoms with Crippen molar-refractivity contribution in [3.63, 3.8) is 0 Å². The summed E-state index contributed by atoms with van der Waals surface area (Å²) in [6, 6.07) is 4.56. The number of nitriles is 1. The molecule has 1 aromatic heterocycles. The minimum atomic E-state index is -4.46. The number of nitrogens with two attached hydrogens (primary N) is 1. The van der Waals surface area contributed by atoms with Gasteiger partial charge in [-0.1, -0.05) is 12.1 Å². The van der Waals surface area contributed by atoms with Crippen LogP contribution in [0.4, 0.5) is 13.2 Å². The van der Waals surface area contributed by atoms with Gasteiger partial charge in [0.05, 0.1) is 11.6 Å². The summed E-state index contributed by atoms with van der Waals surface area (Å²) in [4.78, 5) is 3.72. The lowest BCUT2D eigenvalue weighted by molar-refractivity contribution is -0.136. The number of rotatable bonds is 1. The van der Waals surface area contributed by atoms with Crippen molar-refractivity contribution in [2.45, 2.75) is 12.2 Å². The van der Waals surface area contributed by atoms with E-state index in [0.717, 1.165) is 12.3 Å². The van der Waals surface area contributed by atoms with Crippen LogP contribution in [0.25, 0.3) is 10.8 Å². The van der Waals surface area contributed by atoms with Gasteiger partial charge in [0.2, 0.25) is 0 Å². The zero-order chi connectivity index (χ0) is 13.3. The Bertz CT molecular complexity index is 628. The van der Waals surface area contributed by atoms with Gasteiger partial charge >= 0.3 is 6.18 Å². The number of hydrogen-bond donors (Lipinski definition) is 1. The van der Waals surface area contributed by atoms with Crippen molar-refractivity contribution >= 4 is 10.8 Å². The summed E-state index contributed by atoms with van der Waals surface area (Å²) in [6.07, 6.45) is -2.02. The Morgan fingerprint density at radius 2 is 1.94 bits per heavy atom. The standard InChI is InChI=1S/C12H8F3N3/c13-12(14,15)10-3-1-2-7-8(10)5-18-6-9(7)11(17)4-16/h1-3,5-6,11H,17H2. The van der Waals surface area contributed by atoms with Crippen LogP contribution in [0.15, 0.2) is 30.6 Å². The van der Waals surface area contributed by atoms with Crippen molar-refractivity contribution in [2.24, 2.45) is 5.73 Å². The average molecular weight is 251 g/mol. The Labute approximate surface area is 101 Å². The first-order chi connectivity index (χ1) is 8.45. The first kappa shape index (κ1) is 12.3. The van der Waals surface area contributed by atoms with Crippen LogP contribution in [0.3, 0.4) is 0 Å². The minimum absolute atomic E-state index is 0.0480. The van der Waals surface area contributed by atoms with Gasteiger partial charge in [-0.25, -0.2) is 0 Å². The average Bonchev–Trinajstić information content (AvgIpc) is 2.35. The molecule has 6 heteroatoms. The molecule has 0 aliphatic rings. The predicted octanol–water partition coefficient (Wildman–Crippen LogP) is 2.78. The van der Waals surface area contributed by atoms with E-state index in [1.807, 2.05) is 0 Å². The van der Waals surface area contributed by atoms with Crippen LogP contribution in [-0.2, 0) is 6.18 Å². The van der Waals surface area contributed by atoms with E-state index >= 15 is 0 Å². The van der Waals surface area contributed by atoms with E-state index < -0.39 is 17.8 Å². The summed E-state index contributed by atoms with van der Waals surface area (Å²) in [7, 11) is 0. The number of aromatic nitrogens is 1. The highest BCUT2D eigenvalue weighted by atomic mass is 19.4. The van der Waals surface area contributed by atoms with Gasteiger partial charge in [-0.05, 0) is 11.5 Å². The number of nitrogens with zero attached hydrogens (tertiary/aromatic N) is 2. The molecule has 0 bridgehead atoms. The Morgan fingerprint density at radius 3 is 2.56 bits per heavy atom. The van der Waals surface area contributed by atoms with Gasteiger partial charge in [0, 0.05) is 23.3 Å². The van der Waals surface area contributed by atoms with Crippen molar-refractivity contribution in [2.75, 3.05) is 0 Å². The summed E-state index contributed by atoms with van der Waals surface area (Å²) >= 11 is 0. The number of halogens is 3. The maximum Gasteiger partial charge on any atom is 0.417 e. The van der Waals surface area contributed by atoms with E-state index in [0.29, 0.717) is 10.9 Å². The second kappa shape index (κ2) is 4.27. The highest BCUT2D eigenvalue weighted by Gasteiger charge is 2.32. The van der Waals surface area contributed by atoms with E-state index in [9.17, 15) is 13.2 Å². The molecule has 1 unspecified atom stereocenters. The molecular weight excluding hydrogens is 243 g/mol. The van der Waals surface area contributed by atoms with E-state index in [-0.39, 0.29) is 5.39 Å². The van der Waals surface area contributed by atoms with Crippen LogP contribution in [0.5, 0.6) is 0 Å². The molecule has 0 spiro atoms. The Morgan fingerprint density at radius 1 is 1.22 bits per heavy atom. The van der Waals surface area contributed by atoms with Crippen LogP contribution in [-0.4, -0.2) is 4.98 Å². The summed E-state index contributed by atoms with van der Waals surface area (Å²) in [5.41, 5.74) is 5.05. The predicted molar refractivity (Wildman–Crippen MR) is 59.3 cm³/mol. The molecule has 0 aliphatic carbocycles. The van der Waals surface area contributed by atoms with Crippen LogP contribution in [0, 0.1) is 11.3 Å². The van der Waals surface area contributed by atoms with Gasteiger partial charge < -0.3 is 5.73 Å². The topological polar surface area (TPSA) is 62.7 Å². The van der Waals surface area contributed by atoms with E-state index in [2.05, 4.69) is 4.98 Å². The maximum absolute atomic E-state index is 12.8. The van der Waals surface area contributed by atoms with Gasteiger partial charge in [-0.3, -0.25) is 4.98 Å². The van der Waals surface area contributed by atoms with Gasteiger partial charge in [0.1, 0.15) is 6.04 Å². The third-order valence-electron chi connectivity index (χ3n) is 2.61. The second-order valence-corrected chi connectivity index (χ2v) is 3.73. The molecule has 2 rings (SSSR count). The van der Waals surface area contributed by atoms with E-state index in [1.165, 1.54) is 18.3 Å². The molecule has 0 saturated heterocycles. The van der Waals surface area contributed by atoms with Gasteiger partial charge in [0.15, 0.2) is 0 Å². The maximum atomic E-state index is 12.8. The Balaban J connectivity index is 2.79. The molecular formula is C12H8F3N3. The Kier molecular flexibility index (Phi) is 2.93. The van der Waals surface area contributed by atoms with Crippen LogP contribution in [0.1, 0.15) is 17.2 Å². The lowest BCUT2D eigenvalue weighted by Crippen LogP contribution is -2.10. The van der Waals surface area contributed by atoms with Crippen molar-refractivity contribution in [3.05, 3.63) is 41.7 Å². The molecule has 0 radical (unpaired) electrons. The fraction of sp³-hybridized carbons (Fsp3) is 0.167. The molecule has 1 heterocycles. The summed E-state index contributed by atoms with van der Waals surface area (Å²) in [6.45, 7) is 0. The molecule has 1 aromatic carbocycles. The largest absolute Gasteiger partial charge is 0.417 e. The lowest BCUT2D eigenvalue weighted by atomic mass is 9.99. The van der Waals surface area contributed by atoms with Gasteiger partial charge in [-0.2, -0.15) is 18.4 Å². The SMILES string of the molecule is N#CC(N)c1cncc2c(C(F)(F)F)cccc12. The fourth-order valence-electron chi connectivity index (χ4n) is 1.78. The number of benzene rings is 1. The molecule has 18 heavy (non-hydrogen) atoms. The fourth-order valence-corrected chi connectivity index (χ4v) is 1.78. The number of pyridine rings is 1. The van der Waals surface area contributed by atoms with Crippen molar-refractivity contribution in [1.29, 1.82) is 5.26 Å². The van der Waals surface area contributed by atoms with Crippen LogP contribution in [0.2, 0.25) is 0 Å². The lowest BCUT2D eigenvalue weighted by Gasteiger charge is -2.12. The summed E-state index contributed by atoms with van der Waals surface area (Å²) in [5.74, 6) is 0. The van der Waals surface area contributed by atoms with Gasteiger partial charge in [0.25, 0.3) is 0 Å². The quantitative estimate of drug-likeness (QED) is 0.847. The number of hydrogen-bond acceptors (Lipinski definition) is 3. The molecule has 0 aliphatic heterocycles. The highest BCUT2D eigenvalue weighted by Crippen LogP contribution is 2.35. The molecule has 0 amide bonds. The third kappa shape index (κ3) is 2.00. The van der Waals surface area contributed by atoms with Crippen molar-refractivity contribution in [1.82, 2.24) is 4.98 Å². The Hall–Kier alpha value is -2.13. The molecule has 0 fully saturated rings. The summed E-state index contributed by atoms with van der Waals surface area (Å²) in [5, 5.41) is 9.00. The molecule has 92 valence electrons. The second-order valence-electron chi connectivity index (χ2n) is 3.73. The zero-order valence-electron chi connectivity index (χ0n) is 9.07. The number of fused-ring (bicyclic) bond motifs is 1. The zero-order valence-corrected chi connectivity index (χ0v) is 9.07. The first-order valence-electron chi connectivity index (χ1n) is 5.04. The molecule has 3 nitrogen and oxygen atoms in total.